The van der Waals surface area contributed by atoms with Crippen LogP contribution in [0.1, 0.15) is 17.7 Å². The lowest BCUT2D eigenvalue weighted by atomic mass is 9.76. The van der Waals surface area contributed by atoms with Crippen LogP contribution in [-0.2, 0) is 11.2 Å². The molecule has 5 heteroatoms. The van der Waals surface area contributed by atoms with Gasteiger partial charge in [-0.1, -0.05) is 6.08 Å². The van der Waals surface area contributed by atoms with Crippen LogP contribution >= 0.6 is 0 Å². The van der Waals surface area contributed by atoms with Crippen LogP contribution in [0.25, 0.3) is 6.08 Å². The molecule has 2 heterocycles. The highest BCUT2D eigenvalue weighted by Crippen LogP contribution is 2.34. The molecule has 4 N–H and O–H groups in total. The summed E-state index contributed by atoms with van der Waals surface area (Å²) in [6.07, 6.45) is 7.18. The Morgan fingerprint density at radius 1 is 1.41 bits per heavy atom. The number of hydrogen-bond donors (Lipinski definition) is 2. The Kier molecular flexibility index (Phi) is 2.38. The molecule has 0 aromatic carbocycles. The maximum Gasteiger partial charge on any atom is 0.130 e. The first kappa shape index (κ1) is 10.7. The van der Waals surface area contributed by atoms with Crippen molar-refractivity contribution in [2.75, 3.05) is 18.9 Å². The fourth-order valence-corrected chi connectivity index (χ4v) is 2.60. The lowest BCUT2D eigenvalue weighted by molar-refractivity contribution is 0.171. The summed E-state index contributed by atoms with van der Waals surface area (Å²) < 4.78 is 5.42. The van der Waals surface area contributed by atoms with E-state index >= 15 is 0 Å². The minimum atomic E-state index is -0.373. The van der Waals surface area contributed by atoms with Crippen molar-refractivity contribution in [3.05, 3.63) is 23.7 Å². The van der Waals surface area contributed by atoms with Gasteiger partial charge < -0.3 is 16.2 Å². The smallest absolute Gasteiger partial charge is 0.130 e. The van der Waals surface area contributed by atoms with E-state index in [4.69, 9.17) is 16.2 Å². The molecule has 1 aromatic rings. The Bertz CT molecular complexity index is 468. The molecule has 1 fully saturated rings. The number of anilines is 1. The van der Waals surface area contributed by atoms with Gasteiger partial charge >= 0.3 is 0 Å². The second-order valence-electron chi connectivity index (χ2n) is 4.81. The second kappa shape index (κ2) is 3.78. The molecule has 2 aliphatic rings. The van der Waals surface area contributed by atoms with Crippen LogP contribution in [0.2, 0.25) is 0 Å². The summed E-state index contributed by atoms with van der Waals surface area (Å²) in [4.78, 5) is 8.24. The highest BCUT2D eigenvalue weighted by atomic mass is 16.5. The van der Waals surface area contributed by atoms with Crippen LogP contribution in [0, 0.1) is 5.92 Å². The standard InChI is InChI=1S/C12H16N4O/c13-11-9-5-12(14,8-2-4-17-6-8)3-1-10(9)15-7-16-11/h1,3,7-8H,2,4-6,14H2,(H2,13,15,16)/t8-,12?/m1/s1. The van der Waals surface area contributed by atoms with Crippen molar-refractivity contribution in [1.29, 1.82) is 0 Å². The predicted octanol–water partition coefficient (Wildman–Crippen LogP) is 0.362. The monoisotopic (exact) mass is 232 g/mol. The zero-order valence-electron chi connectivity index (χ0n) is 9.60. The molecule has 1 aromatic heterocycles. The summed E-state index contributed by atoms with van der Waals surface area (Å²) in [5.41, 5.74) is 13.8. The molecule has 0 saturated carbocycles. The molecule has 1 aliphatic carbocycles. The van der Waals surface area contributed by atoms with Crippen LogP contribution in [0.5, 0.6) is 0 Å². The molecule has 1 unspecified atom stereocenters. The van der Waals surface area contributed by atoms with E-state index in [1.807, 2.05) is 12.2 Å². The third-order valence-corrected chi connectivity index (χ3v) is 3.74. The topological polar surface area (TPSA) is 87.0 Å². The second-order valence-corrected chi connectivity index (χ2v) is 4.81. The van der Waals surface area contributed by atoms with E-state index < -0.39 is 0 Å². The van der Waals surface area contributed by atoms with E-state index in [0.29, 0.717) is 18.2 Å². The largest absolute Gasteiger partial charge is 0.383 e. The van der Waals surface area contributed by atoms with Gasteiger partial charge in [-0.25, -0.2) is 9.97 Å². The first-order valence-corrected chi connectivity index (χ1v) is 5.84. The average molecular weight is 232 g/mol. The Morgan fingerprint density at radius 3 is 3.06 bits per heavy atom. The first-order chi connectivity index (χ1) is 8.19. The predicted molar refractivity (Wildman–Crippen MR) is 65.0 cm³/mol. The normalized spacial score (nSPS) is 31.5. The highest BCUT2D eigenvalue weighted by molar-refractivity contribution is 5.61. The van der Waals surface area contributed by atoms with Crippen LogP contribution in [0.15, 0.2) is 12.4 Å². The molecule has 0 radical (unpaired) electrons. The molecule has 0 amide bonds. The van der Waals surface area contributed by atoms with E-state index in [1.54, 1.807) is 0 Å². The third kappa shape index (κ3) is 1.71. The molecular weight excluding hydrogens is 216 g/mol. The minimum Gasteiger partial charge on any atom is -0.383 e. The zero-order valence-corrected chi connectivity index (χ0v) is 9.60. The van der Waals surface area contributed by atoms with Crippen LogP contribution in [0.4, 0.5) is 5.82 Å². The van der Waals surface area contributed by atoms with Gasteiger partial charge in [-0.15, -0.1) is 0 Å². The molecule has 5 nitrogen and oxygen atoms in total. The summed E-state index contributed by atoms with van der Waals surface area (Å²) in [6.45, 7) is 1.52. The first-order valence-electron chi connectivity index (χ1n) is 5.84. The van der Waals surface area contributed by atoms with Gasteiger partial charge in [0.05, 0.1) is 12.3 Å². The van der Waals surface area contributed by atoms with Crippen molar-refractivity contribution in [2.24, 2.45) is 11.7 Å². The Morgan fingerprint density at radius 2 is 2.29 bits per heavy atom. The van der Waals surface area contributed by atoms with Gasteiger partial charge in [0.1, 0.15) is 12.1 Å². The van der Waals surface area contributed by atoms with Gasteiger partial charge in [0, 0.05) is 30.0 Å². The van der Waals surface area contributed by atoms with Gasteiger partial charge in [-0.2, -0.15) is 0 Å². The maximum atomic E-state index is 6.47. The lowest BCUT2D eigenvalue weighted by Gasteiger charge is -2.34. The number of rotatable bonds is 1. The maximum absolute atomic E-state index is 6.47. The van der Waals surface area contributed by atoms with Gasteiger partial charge in [0.25, 0.3) is 0 Å². The number of aromatic nitrogens is 2. The van der Waals surface area contributed by atoms with E-state index in [-0.39, 0.29) is 5.54 Å². The third-order valence-electron chi connectivity index (χ3n) is 3.74. The number of nitrogens with two attached hydrogens (primary N) is 2. The van der Waals surface area contributed by atoms with Gasteiger partial charge in [-0.05, 0) is 12.5 Å². The molecule has 0 bridgehead atoms. The van der Waals surface area contributed by atoms with Crippen molar-refractivity contribution in [2.45, 2.75) is 18.4 Å². The molecular formula is C12H16N4O. The van der Waals surface area contributed by atoms with Gasteiger partial charge in [0.15, 0.2) is 0 Å². The quantitative estimate of drug-likeness (QED) is 0.730. The van der Waals surface area contributed by atoms with Crippen LogP contribution < -0.4 is 11.5 Å². The van der Waals surface area contributed by atoms with Gasteiger partial charge in [0.2, 0.25) is 0 Å². The molecule has 3 rings (SSSR count). The highest BCUT2D eigenvalue weighted by Gasteiger charge is 2.38. The molecule has 1 aliphatic heterocycles. The van der Waals surface area contributed by atoms with E-state index in [1.165, 1.54) is 6.33 Å². The summed E-state index contributed by atoms with van der Waals surface area (Å²) >= 11 is 0. The van der Waals surface area contributed by atoms with Crippen molar-refractivity contribution in [3.63, 3.8) is 0 Å². The average Bonchev–Trinajstić information content (AvgIpc) is 2.85. The van der Waals surface area contributed by atoms with Crippen LogP contribution in [0.3, 0.4) is 0 Å². The molecule has 90 valence electrons. The summed E-state index contributed by atoms with van der Waals surface area (Å²) in [5.74, 6) is 0.889. The molecule has 17 heavy (non-hydrogen) atoms. The SMILES string of the molecule is Nc1ncnc2c1CC(N)([C@@H]1CCOC1)C=C2. The van der Waals surface area contributed by atoms with E-state index in [0.717, 1.165) is 30.9 Å². The summed E-state index contributed by atoms with van der Waals surface area (Å²) in [6, 6.07) is 0. The van der Waals surface area contributed by atoms with Gasteiger partial charge in [-0.3, -0.25) is 0 Å². The van der Waals surface area contributed by atoms with E-state index in [9.17, 15) is 0 Å². The van der Waals surface area contributed by atoms with Crippen molar-refractivity contribution < 1.29 is 4.74 Å². The van der Waals surface area contributed by atoms with Crippen molar-refractivity contribution >= 4 is 11.9 Å². The zero-order chi connectivity index (χ0) is 11.9. The van der Waals surface area contributed by atoms with Crippen LogP contribution in [-0.4, -0.2) is 28.7 Å². The summed E-state index contributed by atoms with van der Waals surface area (Å²) in [5, 5.41) is 0. The van der Waals surface area contributed by atoms with Crippen molar-refractivity contribution in [3.8, 4) is 0 Å². The number of ether oxygens (including phenoxy) is 1. The fraction of sp³-hybridized carbons (Fsp3) is 0.500. The number of fused-ring (bicyclic) bond motifs is 1. The lowest BCUT2D eigenvalue weighted by Crippen LogP contribution is -2.49. The Balaban J connectivity index is 1.96. The number of hydrogen-bond acceptors (Lipinski definition) is 5. The number of nitrogens with zero attached hydrogens (tertiary/aromatic N) is 2. The van der Waals surface area contributed by atoms with Crippen molar-refractivity contribution in [1.82, 2.24) is 9.97 Å². The Hall–Kier alpha value is -1.46. The number of nitrogen functional groups attached to an aromatic ring is 1. The Labute approximate surface area is 99.9 Å². The molecule has 0 spiro atoms. The molecule has 1 saturated heterocycles. The molecule has 2 atom stereocenters. The van der Waals surface area contributed by atoms with E-state index in [2.05, 4.69) is 9.97 Å². The fourth-order valence-electron chi connectivity index (χ4n) is 2.60. The minimum absolute atomic E-state index is 0.353. The summed E-state index contributed by atoms with van der Waals surface area (Å²) in [7, 11) is 0.